The highest BCUT2D eigenvalue weighted by molar-refractivity contribution is 8.22. The Hall–Kier alpha value is 0.200. The normalized spacial score (nSPS) is 7.62. The summed E-state index contributed by atoms with van der Waals surface area (Å²) >= 11 is 6.14. The van der Waals surface area contributed by atoms with E-state index in [0.29, 0.717) is 4.32 Å². The number of nitrogens with two attached hydrogens (primary N) is 1. The lowest BCUT2D eigenvalue weighted by Gasteiger charge is -1.90. The quantitative estimate of drug-likeness (QED) is 0.589. The standard InChI is InChI=1S/C4H9NS2.H2O/c1-2-3-7-4(5)6;/h2-3H2,1H3,(H2,5,6);1H2. The average molecular weight is 153 g/mol. The first-order valence-corrected chi connectivity index (χ1v) is 3.59. The fourth-order valence-corrected chi connectivity index (χ4v) is 0.858. The van der Waals surface area contributed by atoms with Crippen LogP contribution in [0.4, 0.5) is 0 Å². The molecule has 0 saturated carbocycles. The van der Waals surface area contributed by atoms with Crippen molar-refractivity contribution < 1.29 is 5.48 Å². The summed E-state index contributed by atoms with van der Waals surface area (Å²) in [6.07, 6.45) is 1.14. The molecule has 0 rings (SSSR count). The number of hydrogen-bond acceptors (Lipinski definition) is 2. The summed E-state index contributed by atoms with van der Waals surface area (Å²) < 4.78 is 0.557. The van der Waals surface area contributed by atoms with Crippen molar-refractivity contribution in [1.29, 1.82) is 0 Å². The van der Waals surface area contributed by atoms with E-state index in [9.17, 15) is 0 Å². The van der Waals surface area contributed by atoms with E-state index in [2.05, 4.69) is 19.1 Å². The molecule has 0 amide bonds. The van der Waals surface area contributed by atoms with E-state index in [1.807, 2.05) is 0 Å². The van der Waals surface area contributed by atoms with Crippen molar-refractivity contribution in [3.8, 4) is 0 Å². The number of thiocarbonyl (C=S) groups is 1. The Labute approximate surface area is 59.1 Å². The molecule has 8 heavy (non-hydrogen) atoms. The fraction of sp³-hybridized carbons (Fsp3) is 0.750. The Balaban J connectivity index is 0. The van der Waals surface area contributed by atoms with E-state index in [1.54, 1.807) is 11.8 Å². The van der Waals surface area contributed by atoms with Crippen LogP contribution in [-0.2, 0) is 0 Å². The van der Waals surface area contributed by atoms with Crippen molar-refractivity contribution >= 4 is 28.3 Å². The molecule has 0 bridgehead atoms. The van der Waals surface area contributed by atoms with E-state index in [4.69, 9.17) is 5.73 Å². The third-order valence-electron chi connectivity index (χ3n) is 0.448. The molecular weight excluding hydrogens is 142 g/mol. The second kappa shape index (κ2) is 7.20. The Morgan fingerprint density at radius 3 is 2.38 bits per heavy atom. The molecule has 0 aromatic carbocycles. The first-order chi connectivity index (χ1) is 3.27. The molecule has 0 radical (unpaired) electrons. The molecule has 0 aromatic heterocycles. The van der Waals surface area contributed by atoms with Gasteiger partial charge in [0, 0.05) is 0 Å². The smallest absolute Gasteiger partial charge is 0.131 e. The molecule has 4 heteroatoms. The largest absolute Gasteiger partial charge is 0.412 e. The van der Waals surface area contributed by atoms with E-state index >= 15 is 0 Å². The van der Waals surface area contributed by atoms with Gasteiger partial charge in [0.05, 0.1) is 0 Å². The lowest BCUT2D eigenvalue weighted by Crippen LogP contribution is -2.01. The lowest BCUT2D eigenvalue weighted by molar-refractivity contribution is 0.824. The van der Waals surface area contributed by atoms with Gasteiger partial charge in [0.25, 0.3) is 0 Å². The summed E-state index contributed by atoms with van der Waals surface area (Å²) in [5, 5.41) is 0. The zero-order valence-electron chi connectivity index (χ0n) is 4.81. The number of hydrogen-bond donors (Lipinski definition) is 1. The zero-order chi connectivity index (χ0) is 5.70. The zero-order valence-corrected chi connectivity index (χ0v) is 6.44. The molecule has 0 aromatic rings. The average Bonchev–Trinajstić information content (AvgIpc) is 1.61. The summed E-state index contributed by atoms with van der Waals surface area (Å²) in [5.41, 5.74) is 5.17. The molecule has 2 nitrogen and oxygen atoms in total. The van der Waals surface area contributed by atoms with Crippen LogP contribution in [0.15, 0.2) is 0 Å². The molecule has 0 aliphatic heterocycles. The topological polar surface area (TPSA) is 57.5 Å². The van der Waals surface area contributed by atoms with Crippen molar-refractivity contribution in [2.45, 2.75) is 13.3 Å². The van der Waals surface area contributed by atoms with Crippen LogP contribution in [-0.4, -0.2) is 15.5 Å². The lowest BCUT2D eigenvalue weighted by atomic mass is 10.6. The molecular formula is C4H11NOS2. The Morgan fingerprint density at radius 2 is 2.25 bits per heavy atom. The fourth-order valence-electron chi connectivity index (χ4n) is 0.203. The summed E-state index contributed by atoms with van der Waals surface area (Å²) in [6.45, 7) is 2.10. The van der Waals surface area contributed by atoms with Crippen LogP contribution < -0.4 is 5.73 Å². The van der Waals surface area contributed by atoms with Crippen molar-refractivity contribution in [1.82, 2.24) is 0 Å². The van der Waals surface area contributed by atoms with Gasteiger partial charge in [-0.05, 0) is 12.2 Å². The molecule has 0 atom stereocenters. The van der Waals surface area contributed by atoms with Crippen molar-refractivity contribution in [3.63, 3.8) is 0 Å². The predicted molar refractivity (Wildman–Crippen MR) is 43.1 cm³/mol. The summed E-state index contributed by atoms with van der Waals surface area (Å²) in [5.74, 6) is 1.05. The van der Waals surface area contributed by atoms with Crippen LogP contribution >= 0.6 is 24.0 Å². The maximum absolute atomic E-state index is 5.17. The second-order valence-corrected chi connectivity index (χ2v) is 3.00. The van der Waals surface area contributed by atoms with E-state index in [-0.39, 0.29) is 5.48 Å². The minimum Gasteiger partial charge on any atom is -0.412 e. The first-order valence-electron chi connectivity index (χ1n) is 2.19. The highest BCUT2D eigenvalue weighted by Gasteiger charge is 1.84. The van der Waals surface area contributed by atoms with E-state index in [1.165, 1.54) is 0 Å². The van der Waals surface area contributed by atoms with Crippen molar-refractivity contribution in [2.75, 3.05) is 5.75 Å². The highest BCUT2D eigenvalue weighted by Crippen LogP contribution is 1.99. The van der Waals surface area contributed by atoms with Gasteiger partial charge in [-0.25, -0.2) is 0 Å². The number of thioether (sulfide) groups is 1. The molecule has 0 spiro atoms. The van der Waals surface area contributed by atoms with Gasteiger partial charge in [-0.15, -0.1) is 0 Å². The van der Waals surface area contributed by atoms with Crippen LogP contribution in [0.2, 0.25) is 0 Å². The highest BCUT2D eigenvalue weighted by atomic mass is 32.2. The molecule has 0 unspecified atom stereocenters. The monoisotopic (exact) mass is 153 g/mol. The third-order valence-corrected chi connectivity index (χ3v) is 1.70. The van der Waals surface area contributed by atoms with Crippen molar-refractivity contribution in [2.24, 2.45) is 5.73 Å². The SMILES string of the molecule is CCCSC(N)=S.O. The summed E-state index contributed by atoms with van der Waals surface area (Å²) in [6, 6.07) is 0. The van der Waals surface area contributed by atoms with Crippen LogP contribution in [0.25, 0.3) is 0 Å². The Morgan fingerprint density at radius 1 is 1.75 bits per heavy atom. The van der Waals surface area contributed by atoms with Gasteiger partial charge in [-0.3, -0.25) is 0 Å². The third kappa shape index (κ3) is 9.50. The molecule has 0 heterocycles. The van der Waals surface area contributed by atoms with Gasteiger partial charge >= 0.3 is 0 Å². The summed E-state index contributed by atoms with van der Waals surface area (Å²) in [4.78, 5) is 0. The van der Waals surface area contributed by atoms with Gasteiger partial charge in [0.2, 0.25) is 0 Å². The van der Waals surface area contributed by atoms with Crippen LogP contribution in [0.5, 0.6) is 0 Å². The van der Waals surface area contributed by atoms with Crippen LogP contribution in [0.3, 0.4) is 0 Å². The molecule has 0 aliphatic rings. The Kier molecular flexibility index (Phi) is 9.95. The van der Waals surface area contributed by atoms with E-state index < -0.39 is 0 Å². The van der Waals surface area contributed by atoms with Crippen molar-refractivity contribution in [3.05, 3.63) is 0 Å². The minimum absolute atomic E-state index is 0. The maximum atomic E-state index is 5.17. The second-order valence-electron chi connectivity index (χ2n) is 1.17. The maximum Gasteiger partial charge on any atom is 0.131 e. The molecule has 0 fully saturated rings. The molecule has 0 saturated heterocycles. The first kappa shape index (κ1) is 11.1. The molecule has 4 N–H and O–H groups in total. The van der Waals surface area contributed by atoms with Crippen LogP contribution in [0, 0.1) is 0 Å². The molecule has 0 aliphatic carbocycles. The van der Waals surface area contributed by atoms with Gasteiger partial charge in [-0.2, -0.15) is 0 Å². The van der Waals surface area contributed by atoms with Gasteiger partial charge in [-0.1, -0.05) is 30.9 Å². The Bertz CT molecular complexity index is 67.1. The molecule has 50 valence electrons. The minimum atomic E-state index is 0. The summed E-state index contributed by atoms with van der Waals surface area (Å²) in [7, 11) is 0. The van der Waals surface area contributed by atoms with E-state index in [0.717, 1.165) is 12.2 Å². The van der Waals surface area contributed by atoms with Gasteiger partial charge < -0.3 is 11.2 Å². The van der Waals surface area contributed by atoms with Gasteiger partial charge in [0.15, 0.2) is 0 Å². The number of rotatable bonds is 2. The predicted octanol–water partition coefficient (Wildman–Crippen LogP) is 0.548. The van der Waals surface area contributed by atoms with Gasteiger partial charge in [0.1, 0.15) is 4.32 Å². The van der Waals surface area contributed by atoms with Crippen LogP contribution in [0.1, 0.15) is 13.3 Å².